The molecule has 3 rings (SSSR count). The van der Waals surface area contributed by atoms with Gasteiger partial charge in [0.2, 0.25) is 5.91 Å². The SMILES string of the molecule is CCCCCCCCCCCCCCCCCCNC(=O)C=CC(c1ccccc1)(c1ccccc1)c1ccccc1. The summed E-state index contributed by atoms with van der Waals surface area (Å²) in [6.07, 6.45) is 25.5. The van der Waals surface area contributed by atoms with Gasteiger partial charge in [0.25, 0.3) is 0 Å². The molecule has 3 aromatic rings. The highest BCUT2D eigenvalue weighted by Crippen LogP contribution is 2.40. The molecule has 2 nitrogen and oxygen atoms in total. The lowest BCUT2D eigenvalue weighted by Crippen LogP contribution is -2.29. The van der Waals surface area contributed by atoms with Crippen LogP contribution < -0.4 is 5.32 Å². The van der Waals surface area contributed by atoms with Crippen LogP contribution in [0.25, 0.3) is 0 Å². The summed E-state index contributed by atoms with van der Waals surface area (Å²) in [6.45, 7) is 3.02. The van der Waals surface area contributed by atoms with Crippen LogP contribution in [-0.2, 0) is 10.2 Å². The number of hydrogen-bond donors (Lipinski definition) is 1. The van der Waals surface area contributed by atoms with E-state index in [1.807, 2.05) is 18.2 Å². The Morgan fingerprint density at radius 3 is 1.21 bits per heavy atom. The zero-order chi connectivity index (χ0) is 29.6. The summed E-state index contributed by atoms with van der Waals surface area (Å²) in [6, 6.07) is 31.5. The van der Waals surface area contributed by atoms with E-state index >= 15 is 0 Å². The monoisotopic (exact) mass is 565 g/mol. The van der Waals surface area contributed by atoms with Crippen LogP contribution in [0.15, 0.2) is 103 Å². The van der Waals surface area contributed by atoms with Crippen LogP contribution in [0.1, 0.15) is 126 Å². The second kappa shape index (κ2) is 20.7. The van der Waals surface area contributed by atoms with Crippen LogP contribution in [0, 0.1) is 0 Å². The molecular weight excluding hydrogens is 510 g/mol. The lowest BCUT2D eigenvalue weighted by Gasteiger charge is -2.33. The standard InChI is InChI=1S/C40H55NO/c1-2-3-4-5-6-7-8-9-10-11-12-13-14-15-16-26-35-41-39(42)33-34-40(36-27-20-17-21-28-36,37-29-22-18-23-30-37)38-31-24-19-25-32-38/h17-25,27-34H,2-16,26,35H2,1H3,(H,41,42). The van der Waals surface area contributed by atoms with Crippen molar-refractivity contribution in [3.05, 3.63) is 120 Å². The van der Waals surface area contributed by atoms with Gasteiger partial charge >= 0.3 is 0 Å². The third-order valence-corrected chi connectivity index (χ3v) is 8.50. The predicted octanol–water partition coefficient (Wildman–Crippen LogP) is 11.0. The molecule has 0 saturated carbocycles. The Bertz CT molecular complexity index is 1010. The molecule has 0 atom stereocenters. The van der Waals surface area contributed by atoms with Crippen LogP contribution in [-0.4, -0.2) is 12.5 Å². The molecule has 0 radical (unpaired) electrons. The van der Waals surface area contributed by atoms with Crippen molar-refractivity contribution in [1.82, 2.24) is 5.32 Å². The maximum atomic E-state index is 12.9. The van der Waals surface area contributed by atoms with Crippen molar-refractivity contribution in [3.8, 4) is 0 Å². The average Bonchev–Trinajstić information content (AvgIpc) is 3.04. The van der Waals surface area contributed by atoms with Gasteiger partial charge in [-0.15, -0.1) is 0 Å². The van der Waals surface area contributed by atoms with Crippen molar-refractivity contribution >= 4 is 5.91 Å². The molecule has 2 heteroatoms. The topological polar surface area (TPSA) is 29.1 Å². The van der Waals surface area contributed by atoms with Gasteiger partial charge in [0, 0.05) is 12.6 Å². The predicted molar refractivity (Wildman–Crippen MR) is 181 cm³/mol. The fourth-order valence-corrected chi connectivity index (χ4v) is 6.04. The smallest absolute Gasteiger partial charge is 0.243 e. The van der Waals surface area contributed by atoms with E-state index in [4.69, 9.17) is 0 Å². The minimum Gasteiger partial charge on any atom is -0.353 e. The highest BCUT2D eigenvalue weighted by molar-refractivity contribution is 5.88. The van der Waals surface area contributed by atoms with Gasteiger partial charge in [-0.05, 0) is 23.1 Å². The number of amides is 1. The van der Waals surface area contributed by atoms with Gasteiger partial charge in [0.1, 0.15) is 0 Å². The molecule has 0 heterocycles. The van der Waals surface area contributed by atoms with E-state index in [2.05, 4.69) is 91.1 Å². The third-order valence-electron chi connectivity index (χ3n) is 8.50. The minimum absolute atomic E-state index is 0.0249. The van der Waals surface area contributed by atoms with Crippen LogP contribution in [0.5, 0.6) is 0 Å². The largest absolute Gasteiger partial charge is 0.353 e. The minimum atomic E-state index is -0.546. The Hall–Kier alpha value is -3.13. The quantitative estimate of drug-likeness (QED) is 0.0732. The van der Waals surface area contributed by atoms with Crippen molar-refractivity contribution in [2.24, 2.45) is 0 Å². The summed E-state index contributed by atoms with van der Waals surface area (Å²) in [5.74, 6) is -0.0249. The van der Waals surface area contributed by atoms with Crippen LogP contribution in [0.3, 0.4) is 0 Å². The number of carbonyl (C=O) groups excluding carboxylic acids is 1. The normalized spacial score (nSPS) is 11.6. The van der Waals surface area contributed by atoms with Gasteiger partial charge < -0.3 is 5.32 Å². The van der Waals surface area contributed by atoms with E-state index in [9.17, 15) is 4.79 Å². The van der Waals surface area contributed by atoms with Crippen LogP contribution in [0.2, 0.25) is 0 Å². The Kier molecular flexibility index (Phi) is 16.4. The Labute approximate surface area is 257 Å². The van der Waals surface area contributed by atoms with Crippen LogP contribution in [0.4, 0.5) is 0 Å². The summed E-state index contributed by atoms with van der Waals surface area (Å²) in [5, 5.41) is 3.13. The third kappa shape index (κ3) is 11.6. The number of rotatable bonds is 22. The van der Waals surface area contributed by atoms with E-state index in [1.54, 1.807) is 6.08 Å². The zero-order valence-electron chi connectivity index (χ0n) is 26.2. The van der Waals surface area contributed by atoms with Gasteiger partial charge in [-0.3, -0.25) is 4.79 Å². The van der Waals surface area contributed by atoms with E-state index < -0.39 is 5.41 Å². The van der Waals surface area contributed by atoms with E-state index in [1.165, 1.54) is 96.3 Å². The fourth-order valence-electron chi connectivity index (χ4n) is 6.04. The first kappa shape index (κ1) is 33.4. The number of hydrogen-bond acceptors (Lipinski definition) is 1. The average molecular weight is 566 g/mol. The number of carbonyl (C=O) groups is 1. The molecule has 0 bridgehead atoms. The molecule has 226 valence electrons. The first-order chi connectivity index (χ1) is 20.8. The van der Waals surface area contributed by atoms with Gasteiger partial charge in [-0.25, -0.2) is 0 Å². The van der Waals surface area contributed by atoms with Gasteiger partial charge in [-0.1, -0.05) is 200 Å². The molecule has 0 aliphatic heterocycles. The molecule has 1 amide bonds. The fraction of sp³-hybridized carbons (Fsp3) is 0.475. The molecule has 42 heavy (non-hydrogen) atoms. The first-order valence-electron chi connectivity index (χ1n) is 16.9. The number of unbranched alkanes of at least 4 members (excludes halogenated alkanes) is 15. The second-order valence-electron chi connectivity index (χ2n) is 11.8. The van der Waals surface area contributed by atoms with Crippen molar-refractivity contribution < 1.29 is 4.79 Å². The van der Waals surface area contributed by atoms with E-state index in [0.29, 0.717) is 0 Å². The van der Waals surface area contributed by atoms with Crippen molar-refractivity contribution in [2.75, 3.05) is 6.54 Å². The highest BCUT2D eigenvalue weighted by Gasteiger charge is 2.33. The summed E-state index contributed by atoms with van der Waals surface area (Å²) in [4.78, 5) is 12.9. The molecule has 0 fully saturated rings. The number of allylic oxidation sites excluding steroid dienone is 1. The van der Waals surface area contributed by atoms with Gasteiger partial charge in [0.15, 0.2) is 0 Å². The summed E-state index contributed by atoms with van der Waals surface area (Å²) >= 11 is 0. The highest BCUT2D eigenvalue weighted by atomic mass is 16.1. The van der Waals surface area contributed by atoms with Gasteiger partial charge in [-0.2, -0.15) is 0 Å². The molecule has 1 N–H and O–H groups in total. The second-order valence-corrected chi connectivity index (χ2v) is 11.8. The molecule has 0 spiro atoms. The zero-order valence-corrected chi connectivity index (χ0v) is 26.2. The number of benzene rings is 3. The van der Waals surface area contributed by atoms with Crippen molar-refractivity contribution in [2.45, 2.75) is 115 Å². The maximum Gasteiger partial charge on any atom is 0.243 e. The molecule has 0 aliphatic rings. The van der Waals surface area contributed by atoms with E-state index in [-0.39, 0.29) is 5.91 Å². The molecule has 0 aromatic heterocycles. The molecule has 3 aromatic carbocycles. The Morgan fingerprint density at radius 2 is 0.857 bits per heavy atom. The molecule has 0 unspecified atom stereocenters. The summed E-state index contributed by atoms with van der Waals surface area (Å²) in [5.41, 5.74) is 2.88. The summed E-state index contributed by atoms with van der Waals surface area (Å²) in [7, 11) is 0. The van der Waals surface area contributed by atoms with Crippen molar-refractivity contribution in [1.29, 1.82) is 0 Å². The molecule has 0 aliphatic carbocycles. The maximum absolute atomic E-state index is 12.9. The van der Waals surface area contributed by atoms with E-state index in [0.717, 1.165) is 29.7 Å². The molecular formula is C40H55NO. The molecule has 0 saturated heterocycles. The first-order valence-corrected chi connectivity index (χ1v) is 16.9. The number of nitrogens with one attached hydrogen (secondary N) is 1. The van der Waals surface area contributed by atoms with Crippen LogP contribution >= 0.6 is 0 Å². The lowest BCUT2D eigenvalue weighted by molar-refractivity contribution is -0.116. The Morgan fingerprint density at radius 1 is 0.524 bits per heavy atom. The lowest BCUT2D eigenvalue weighted by atomic mass is 9.69. The van der Waals surface area contributed by atoms with Gasteiger partial charge in [0.05, 0.1) is 5.41 Å². The van der Waals surface area contributed by atoms with Crippen molar-refractivity contribution in [3.63, 3.8) is 0 Å². The Balaban J connectivity index is 1.37. The summed E-state index contributed by atoms with van der Waals surface area (Å²) < 4.78 is 0.